The van der Waals surface area contributed by atoms with E-state index in [9.17, 15) is 5.11 Å². The zero-order chi connectivity index (χ0) is 9.68. The van der Waals surface area contributed by atoms with E-state index < -0.39 is 0 Å². The Morgan fingerprint density at radius 1 is 1.54 bits per heavy atom. The third kappa shape index (κ3) is 4.04. The van der Waals surface area contributed by atoms with E-state index in [4.69, 9.17) is 10.5 Å². The fraction of sp³-hybridized carbons (Fsp3) is 1.00. The number of ether oxygens (including phenoxy) is 1. The molecule has 1 aliphatic heterocycles. The fourth-order valence-corrected chi connectivity index (χ4v) is 1.68. The zero-order valence-corrected chi connectivity index (χ0v) is 8.28. The highest BCUT2D eigenvalue weighted by Crippen LogP contribution is 2.08. The molecule has 0 spiro atoms. The molecular formula is C9H20N2O2. The van der Waals surface area contributed by atoms with Crippen LogP contribution in [0, 0.1) is 0 Å². The fourth-order valence-electron chi connectivity index (χ4n) is 1.68. The lowest BCUT2D eigenvalue weighted by Crippen LogP contribution is -2.43. The number of methoxy groups -OCH3 is 1. The van der Waals surface area contributed by atoms with Crippen molar-refractivity contribution in [1.82, 2.24) is 4.90 Å². The van der Waals surface area contributed by atoms with E-state index in [0.29, 0.717) is 19.2 Å². The molecule has 0 saturated carbocycles. The monoisotopic (exact) mass is 188 g/mol. The molecule has 1 atom stereocenters. The third-order valence-electron chi connectivity index (χ3n) is 2.46. The zero-order valence-electron chi connectivity index (χ0n) is 8.28. The topological polar surface area (TPSA) is 58.7 Å². The van der Waals surface area contributed by atoms with Crippen LogP contribution in [0.3, 0.4) is 0 Å². The summed E-state index contributed by atoms with van der Waals surface area (Å²) in [5, 5.41) is 9.47. The van der Waals surface area contributed by atoms with E-state index >= 15 is 0 Å². The SMILES string of the molecule is COC[C@H](O)CN1CCC(N)CC1. The quantitative estimate of drug-likeness (QED) is 0.619. The summed E-state index contributed by atoms with van der Waals surface area (Å²) >= 11 is 0. The van der Waals surface area contributed by atoms with Crippen LogP contribution in [0.4, 0.5) is 0 Å². The van der Waals surface area contributed by atoms with Gasteiger partial charge in [-0.2, -0.15) is 0 Å². The average Bonchev–Trinajstić information content (AvgIpc) is 2.09. The maximum atomic E-state index is 9.47. The van der Waals surface area contributed by atoms with Crippen LogP contribution in [0.15, 0.2) is 0 Å². The smallest absolute Gasteiger partial charge is 0.0900 e. The van der Waals surface area contributed by atoms with Gasteiger partial charge in [-0.1, -0.05) is 0 Å². The second-order valence-electron chi connectivity index (χ2n) is 3.75. The minimum absolute atomic E-state index is 0.357. The molecule has 0 aromatic carbocycles. The van der Waals surface area contributed by atoms with Crippen LogP contribution in [0.1, 0.15) is 12.8 Å². The standard InChI is InChI=1S/C9H20N2O2/c1-13-7-9(12)6-11-4-2-8(10)3-5-11/h8-9,12H,2-7,10H2,1H3/t9-/m1/s1. The number of aliphatic hydroxyl groups is 1. The Bertz CT molecular complexity index is 136. The molecule has 1 heterocycles. The van der Waals surface area contributed by atoms with E-state index in [1.165, 1.54) is 0 Å². The van der Waals surface area contributed by atoms with Gasteiger partial charge in [0.05, 0.1) is 12.7 Å². The average molecular weight is 188 g/mol. The third-order valence-corrected chi connectivity index (χ3v) is 2.46. The first-order valence-corrected chi connectivity index (χ1v) is 4.87. The number of nitrogens with zero attached hydrogens (tertiary/aromatic N) is 1. The number of β-amino-alcohol motifs (C(OH)–C–C–N with tert-alkyl or cyclic N) is 1. The highest BCUT2D eigenvalue weighted by atomic mass is 16.5. The first-order chi connectivity index (χ1) is 6.22. The van der Waals surface area contributed by atoms with Crippen molar-refractivity contribution >= 4 is 0 Å². The molecule has 0 unspecified atom stereocenters. The van der Waals surface area contributed by atoms with Gasteiger partial charge in [-0.05, 0) is 25.9 Å². The highest BCUT2D eigenvalue weighted by molar-refractivity contribution is 4.75. The molecular weight excluding hydrogens is 168 g/mol. The summed E-state index contributed by atoms with van der Waals surface area (Å²) in [6, 6.07) is 0.357. The summed E-state index contributed by atoms with van der Waals surface area (Å²) in [6.07, 6.45) is 1.72. The molecule has 0 amide bonds. The van der Waals surface area contributed by atoms with Crippen LogP contribution in [-0.2, 0) is 4.74 Å². The van der Waals surface area contributed by atoms with Gasteiger partial charge in [-0.15, -0.1) is 0 Å². The van der Waals surface area contributed by atoms with Gasteiger partial charge in [0.25, 0.3) is 0 Å². The molecule has 1 saturated heterocycles. The van der Waals surface area contributed by atoms with Gasteiger partial charge in [-0.25, -0.2) is 0 Å². The van der Waals surface area contributed by atoms with Crippen molar-refractivity contribution in [2.75, 3.05) is 33.4 Å². The number of piperidine rings is 1. The van der Waals surface area contributed by atoms with Crippen LogP contribution in [0.25, 0.3) is 0 Å². The van der Waals surface area contributed by atoms with Gasteiger partial charge in [0.15, 0.2) is 0 Å². The van der Waals surface area contributed by atoms with Crippen molar-refractivity contribution in [2.24, 2.45) is 5.73 Å². The summed E-state index contributed by atoms with van der Waals surface area (Å²) in [4.78, 5) is 2.24. The molecule has 1 rings (SSSR count). The summed E-state index contributed by atoms with van der Waals surface area (Å²) in [6.45, 7) is 3.13. The van der Waals surface area contributed by atoms with E-state index in [0.717, 1.165) is 25.9 Å². The van der Waals surface area contributed by atoms with Crippen molar-refractivity contribution in [1.29, 1.82) is 0 Å². The Balaban J connectivity index is 2.14. The van der Waals surface area contributed by atoms with Gasteiger partial charge >= 0.3 is 0 Å². The lowest BCUT2D eigenvalue weighted by molar-refractivity contribution is 0.0322. The van der Waals surface area contributed by atoms with Crippen LogP contribution in [-0.4, -0.2) is 55.5 Å². The first-order valence-electron chi connectivity index (χ1n) is 4.87. The van der Waals surface area contributed by atoms with Gasteiger partial charge in [-0.3, -0.25) is 0 Å². The maximum absolute atomic E-state index is 9.47. The van der Waals surface area contributed by atoms with Gasteiger partial charge in [0.2, 0.25) is 0 Å². The van der Waals surface area contributed by atoms with Crippen molar-refractivity contribution in [3.8, 4) is 0 Å². The highest BCUT2D eigenvalue weighted by Gasteiger charge is 2.18. The largest absolute Gasteiger partial charge is 0.389 e. The van der Waals surface area contributed by atoms with Gasteiger partial charge < -0.3 is 20.5 Å². The lowest BCUT2D eigenvalue weighted by Gasteiger charge is -2.31. The van der Waals surface area contributed by atoms with E-state index in [2.05, 4.69) is 4.90 Å². The summed E-state index contributed by atoms with van der Waals surface area (Å²) in [7, 11) is 1.61. The molecule has 0 aromatic rings. The van der Waals surface area contributed by atoms with E-state index in [1.54, 1.807) is 7.11 Å². The van der Waals surface area contributed by atoms with Gasteiger partial charge in [0, 0.05) is 19.7 Å². The Hall–Kier alpha value is -0.160. The Morgan fingerprint density at radius 2 is 2.15 bits per heavy atom. The summed E-state index contributed by atoms with van der Waals surface area (Å²) in [5.41, 5.74) is 5.77. The first kappa shape index (κ1) is 10.9. The number of likely N-dealkylation sites (tertiary alicyclic amines) is 1. The maximum Gasteiger partial charge on any atom is 0.0900 e. The number of aliphatic hydroxyl groups excluding tert-OH is 1. The Morgan fingerprint density at radius 3 is 2.69 bits per heavy atom. The van der Waals surface area contributed by atoms with Crippen molar-refractivity contribution in [2.45, 2.75) is 25.0 Å². The predicted molar refractivity (Wildman–Crippen MR) is 51.5 cm³/mol. The minimum Gasteiger partial charge on any atom is -0.389 e. The van der Waals surface area contributed by atoms with E-state index in [-0.39, 0.29) is 6.10 Å². The van der Waals surface area contributed by atoms with E-state index in [1.807, 2.05) is 0 Å². The summed E-state index contributed by atoms with van der Waals surface area (Å²) < 4.78 is 4.86. The number of nitrogens with two attached hydrogens (primary N) is 1. The molecule has 13 heavy (non-hydrogen) atoms. The molecule has 1 aliphatic rings. The second kappa shape index (κ2) is 5.54. The molecule has 1 fully saturated rings. The Kier molecular flexibility index (Phi) is 4.66. The molecule has 4 nitrogen and oxygen atoms in total. The molecule has 0 aromatic heterocycles. The van der Waals surface area contributed by atoms with Crippen LogP contribution in [0.2, 0.25) is 0 Å². The number of rotatable bonds is 4. The van der Waals surface area contributed by atoms with Crippen LogP contribution < -0.4 is 5.73 Å². The molecule has 0 aliphatic carbocycles. The predicted octanol–water partition coefficient (Wildman–Crippen LogP) is -0.583. The summed E-state index contributed by atoms with van der Waals surface area (Å²) in [5.74, 6) is 0. The normalized spacial score (nSPS) is 23.3. The number of hydrogen-bond acceptors (Lipinski definition) is 4. The lowest BCUT2D eigenvalue weighted by atomic mass is 10.1. The van der Waals surface area contributed by atoms with Crippen molar-refractivity contribution in [3.63, 3.8) is 0 Å². The van der Waals surface area contributed by atoms with Crippen LogP contribution >= 0.6 is 0 Å². The molecule has 78 valence electrons. The van der Waals surface area contributed by atoms with Crippen molar-refractivity contribution in [3.05, 3.63) is 0 Å². The molecule has 4 heteroatoms. The van der Waals surface area contributed by atoms with Crippen molar-refractivity contribution < 1.29 is 9.84 Å². The van der Waals surface area contributed by atoms with Gasteiger partial charge in [0.1, 0.15) is 0 Å². The minimum atomic E-state index is -0.362. The number of hydrogen-bond donors (Lipinski definition) is 2. The second-order valence-corrected chi connectivity index (χ2v) is 3.75. The molecule has 0 bridgehead atoms. The van der Waals surface area contributed by atoms with Crippen LogP contribution in [0.5, 0.6) is 0 Å². The molecule has 0 radical (unpaired) electrons. The molecule has 3 N–H and O–H groups in total. The Labute approximate surface area is 79.7 Å².